The summed E-state index contributed by atoms with van der Waals surface area (Å²) in [6.07, 6.45) is 8.60. The van der Waals surface area contributed by atoms with Crippen LogP contribution in [0.3, 0.4) is 0 Å². The van der Waals surface area contributed by atoms with E-state index >= 15 is 0 Å². The Morgan fingerprint density at radius 1 is 0.239 bits per heavy atom. The van der Waals surface area contributed by atoms with E-state index < -0.39 is 0 Å². The third kappa shape index (κ3) is 8.56. The molecular formula is C80H54N4S4. The van der Waals surface area contributed by atoms with Crippen molar-refractivity contribution in [3.05, 3.63) is 243 Å². The van der Waals surface area contributed by atoms with Crippen LogP contribution < -0.4 is 0 Å². The Balaban J connectivity index is 1.22. The van der Waals surface area contributed by atoms with E-state index in [9.17, 15) is 0 Å². The minimum Gasteiger partial charge on any atom is -0.353 e. The summed E-state index contributed by atoms with van der Waals surface area (Å²) in [5.41, 5.74) is 20.2. The smallest absolute Gasteiger partial charge is 0.0816 e. The number of hydrogen-bond donors (Lipinski definition) is 2. The fraction of sp³-hybridized carbons (Fsp3) is 0.0500. The predicted octanol–water partition coefficient (Wildman–Crippen LogP) is 23.5. The van der Waals surface area contributed by atoms with Crippen molar-refractivity contribution in [3.63, 3.8) is 0 Å². The summed E-state index contributed by atoms with van der Waals surface area (Å²) >= 11 is 7.02. The zero-order valence-electron chi connectivity index (χ0n) is 48.6. The molecule has 0 saturated carbocycles. The first-order valence-electron chi connectivity index (χ1n) is 29.6. The van der Waals surface area contributed by atoms with Crippen molar-refractivity contribution < 1.29 is 0 Å². The van der Waals surface area contributed by atoms with Gasteiger partial charge in [-0.15, -0.1) is 47.0 Å². The van der Waals surface area contributed by atoms with Crippen LogP contribution in [0.5, 0.6) is 0 Å². The van der Waals surface area contributed by atoms with Gasteiger partial charge in [0.2, 0.25) is 0 Å². The maximum absolute atomic E-state index is 6.27. The first-order chi connectivity index (χ1) is 43.4. The summed E-state index contributed by atoms with van der Waals surface area (Å²) < 4.78 is 0. The van der Waals surface area contributed by atoms with E-state index in [1.165, 1.54) is 19.6 Å². The number of nitrogens with one attached hydrogen (secondary N) is 2. The van der Waals surface area contributed by atoms with Crippen molar-refractivity contribution in [1.82, 2.24) is 19.9 Å². The molecule has 2 aliphatic heterocycles. The number of rotatable bonds is 8. The van der Waals surface area contributed by atoms with Crippen LogP contribution in [0.25, 0.3) is 176 Å². The van der Waals surface area contributed by atoms with Crippen LogP contribution in [-0.4, -0.2) is 45.0 Å². The first-order valence-corrected chi connectivity index (χ1v) is 34.5. The number of nitrogens with zero attached hydrogens (tertiary/aromatic N) is 2. The van der Waals surface area contributed by atoms with E-state index in [2.05, 4.69) is 278 Å². The van der Waals surface area contributed by atoms with Crippen molar-refractivity contribution in [2.75, 3.05) is 25.0 Å². The molecule has 3 aliphatic rings. The van der Waals surface area contributed by atoms with Gasteiger partial charge in [-0.2, -0.15) is 0 Å². The molecule has 12 aromatic carbocycles. The zero-order valence-corrected chi connectivity index (χ0v) is 51.9. The first kappa shape index (κ1) is 53.0. The fourth-order valence-electron chi connectivity index (χ4n) is 13.7. The van der Waals surface area contributed by atoms with Gasteiger partial charge < -0.3 is 9.97 Å². The van der Waals surface area contributed by atoms with Crippen molar-refractivity contribution >= 4 is 134 Å². The van der Waals surface area contributed by atoms with Crippen molar-refractivity contribution in [2.45, 2.75) is 19.6 Å². The van der Waals surface area contributed by atoms with Crippen LogP contribution >= 0.6 is 47.0 Å². The SMILES string of the molecule is CSc1ccc(-c2c3nc(c(-c4ccc(SC)cc4)c4[nH]c(c(-c5ccc(SC)cc5)c5nc(c(-c6ccc(SC)cc6)c6[nH]c2c2cc7ccccc7cc62)-c2cc6ccccc6cc2-5)c2cc5ccccc5cc42)-c2cc4ccccc4cc2-3)cc1. The summed E-state index contributed by atoms with van der Waals surface area (Å²) in [6.45, 7) is 0. The molecule has 0 fully saturated rings. The van der Waals surface area contributed by atoms with Crippen molar-refractivity contribution in [3.8, 4) is 89.5 Å². The quantitative estimate of drug-likeness (QED) is 0.148. The molecule has 418 valence electrons. The van der Waals surface area contributed by atoms with Gasteiger partial charge in [0.05, 0.1) is 44.8 Å². The molecule has 8 bridgehead atoms. The van der Waals surface area contributed by atoms with Gasteiger partial charge in [0, 0.05) is 85.6 Å². The van der Waals surface area contributed by atoms with Gasteiger partial charge >= 0.3 is 0 Å². The van der Waals surface area contributed by atoms with Gasteiger partial charge in [-0.1, -0.05) is 146 Å². The molecule has 0 saturated heterocycles. The lowest BCUT2D eigenvalue weighted by Crippen LogP contribution is -1.88. The van der Waals surface area contributed by atoms with Gasteiger partial charge in [0.25, 0.3) is 0 Å². The van der Waals surface area contributed by atoms with Crippen molar-refractivity contribution in [2.24, 2.45) is 0 Å². The standard InChI is InChI=1S/C80H54N4S4/c1-85-57-29-21-45(22-30-57)69-73-61-37-49-13-5-7-15-51(49)39-63(61)75(81-73)70(46-23-31-58(86-2)32-24-46)77-65-41-53-17-9-11-19-55(53)43-67(65)79(83-77)72(48-27-35-60(88-4)36-28-48)80-68-44-56-20-12-10-18-54(56)42-66(68)78(84-80)71(47-25-33-59(87-3)34-26-47)76-64-40-52-16-8-6-14-50(52)38-62(64)74(69)82-76/h5-44,81,84H,1-4H3. The summed E-state index contributed by atoms with van der Waals surface area (Å²) in [7, 11) is 0. The molecular weight excluding hydrogens is 1150 g/mol. The topological polar surface area (TPSA) is 57.4 Å². The molecule has 4 heterocycles. The number of benzene rings is 12. The average Bonchev–Trinajstić information content (AvgIpc) is 1.70. The Morgan fingerprint density at radius 2 is 0.432 bits per heavy atom. The minimum absolute atomic E-state index is 0.903. The Kier molecular flexibility index (Phi) is 12.8. The van der Waals surface area contributed by atoms with E-state index in [1.54, 1.807) is 47.0 Å². The van der Waals surface area contributed by atoms with Gasteiger partial charge in [0.15, 0.2) is 0 Å². The maximum atomic E-state index is 6.27. The molecule has 8 heteroatoms. The minimum atomic E-state index is 0.903. The molecule has 88 heavy (non-hydrogen) atoms. The molecule has 2 aromatic heterocycles. The highest BCUT2D eigenvalue weighted by Crippen LogP contribution is 2.54. The van der Waals surface area contributed by atoms with E-state index in [0.717, 1.165) is 176 Å². The zero-order chi connectivity index (χ0) is 58.7. The van der Waals surface area contributed by atoms with E-state index in [1.807, 2.05) is 0 Å². The molecule has 0 radical (unpaired) electrons. The Hall–Kier alpha value is -9.28. The number of thioether (sulfide) groups is 4. The number of aromatic amines is 2. The monoisotopic (exact) mass is 1200 g/mol. The molecule has 1 aliphatic carbocycles. The fourth-order valence-corrected chi connectivity index (χ4v) is 15.4. The largest absolute Gasteiger partial charge is 0.353 e. The summed E-state index contributed by atoms with van der Waals surface area (Å²) in [5, 5.41) is 13.6. The summed E-state index contributed by atoms with van der Waals surface area (Å²) in [4.78, 5) is 26.1. The molecule has 14 aromatic rings. The molecule has 0 atom stereocenters. The number of aromatic nitrogens is 4. The molecule has 17 rings (SSSR count). The molecule has 2 N–H and O–H groups in total. The Labute approximate surface area is 526 Å². The van der Waals surface area contributed by atoms with Crippen LogP contribution in [0.1, 0.15) is 0 Å². The number of hydrogen-bond acceptors (Lipinski definition) is 6. The van der Waals surface area contributed by atoms with Gasteiger partial charge in [-0.3, -0.25) is 0 Å². The lowest BCUT2D eigenvalue weighted by molar-refractivity contribution is 1.38. The second kappa shape index (κ2) is 21.3. The number of fused-ring (bicyclic) bond motifs is 4. The van der Waals surface area contributed by atoms with E-state index in [0.29, 0.717) is 0 Å². The Morgan fingerprint density at radius 3 is 0.625 bits per heavy atom. The molecule has 4 nitrogen and oxygen atoms in total. The maximum Gasteiger partial charge on any atom is 0.0816 e. The van der Waals surface area contributed by atoms with Crippen LogP contribution in [0.2, 0.25) is 0 Å². The third-order valence-corrected chi connectivity index (χ3v) is 21.0. The molecule has 0 spiro atoms. The predicted molar refractivity (Wildman–Crippen MR) is 384 cm³/mol. The van der Waals surface area contributed by atoms with Crippen LogP contribution in [0.4, 0.5) is 0 Å². The molecule has 0 unspecified atom stereocenters. The summed E-state index contributed by atoms with van der Waals surface area (Å²) in [5.74, 6) is 0. The molecule has 0 amide bonds. The van der Waals surface area contributed by atoms with Crippen LogP contribution in [0, 0.1) is 0 Å². The van der Waals surface area contributed by atoms with E-state index in [-0.39, 0.29) is 0 Å². The lowest BCUT2D eigenvalue weighted by atomic mass is 9.91. The number of H-pyrrole nitrogens is 2. The lowest BCUT2D eigenvalue weighted by Gasteiger charge is -2.11. The van der Waals surface area contributed by atoms with Gasteiger partial charge in [0.1, 0.15) is 0 Å². The van der Waals surface area contributed by atoms with Crippen molar-refractivity contribution in [1.29, 1.82) is 0 Å². The Bertz CT molecular complexity index is 4910. The highest BCUT2D eigenvalue weighted by atomic mass is 32.2. The van der Waals surface area contributed by atoms with E-state index in [4.69, 9.17) is 9.97 Å². The van der Waals surface area contributed by atoms with Crippen LogP contribution in [0.15, 0.2) is 262 Å². The average molecular weight is 1200 g/mol. The second-order valence-corrected chi connectivity index (χ2v) is 26.3. The van der Waals surface area contributed by atoms with Gasteiger partial charge in [-0.25, -0.2) is 9.97 Å². The second-order valence-electron chi connectivity index (χ2n) is 22.8. The highest BCUT2D eigenvalue weighted by molar-refractivity contribution is 7.99. The van der Waals surface area contributed by atoms with Crippen LogP contribution in [-0.2, 0) is 0 Å². The summed E-state index contributed by atoms with van der Waals surface area (Å²) in [6, 6.07) is 90.8. The highest BCUT2D eigenvalue weighted by Gasteiger charge is 2.31. The van der Waals surface area contributed by atoms with Gasteiger partial charge in [-0.05, 0) is 187 Å². The third-order valence-electron chi connectivity index (χ3n) is 18.1. The normalized spacial score (nSPS) is 12.0.